The summed E-state index contributed by atoms with van der Waals surface area (Å²) in [5.74, 6) is -1.18. The van der Waals surface area contributed by atoms with Crippen LogP contribution in [0.3, 0.4) is 0 Å². The van der Waals surface area contributed by atoms with Crippen LogP contribution in [0.5, 0.6) is 5.75 Å². The molecule has 4 rings (SSSR count). The summed E-state index contributed by atoms with van der Waals surface area (Å²) in [5, 5.41) is 8.52. The molecule has 0 aliphatic heterocycles. The van der Waals surface area contributed by atoms with Crippen LogP contribution >= 0.6 is 27.3 Å². The molecule has 0 saturated heterocycles. The molecule has 2 N–H and O–H groups in total. The molecule has 0 spiro atoms. The highest BCUT2D eigenvalue weighted by atomic mass is 79.9. The van der Waals surface area contributed by atoms with Crippen LogP contribution in [0.4, 0.5) is 0 Å². The van der Waals surface area contributed by atoms with Crippen molar-refractivity contribution in [3.8, 4) is 5.75 Å². The minimum absolute atomic E-state index is 0.0464. The summed E-state index contributed by atoms with van der Waals surface area (Å²) in [5.41, 5.74) is 3.90. The predicted molar refractivity (Wildman–Crippen MR) is 147 cm³/mol. The van der Waals surface area contributed by atoms with Gasteiger partial charge in [-0.15, -0.1) is 11.3 Å². The molecule has 1 aromatic heterocycles. The Morgan fingerprint density at radius 1 is 0.865 bits per heavy atom. The number of rotatable bonds is 8. The molecule has 184 valence electrons. The van der Waals surface area contributed by atoms with E-state index in [4.69, 9.17) is 4.74 Å². The Morgan fingerprint density at radius 2 is 1.65 bits per heavy atom. The Balaban J connectivity index is 1.43. The summed E-state index contributed by atoms with van der Waals surface area (Å²) < 4.78 is 6.21. The van der Waals surface area contributed by atoms with Crippen LogP contribution in [0.2, 0.25) is 0 Å². The quantitative estimate of drug-likeness (QED) is 0.0935. The van der Waals surface area contributed by atoms with Crippen molar-refractivity contribution in [1.82, 2.24) is 10.7 Å². The number of hydrogen-bond acceptors (Lipinski definition) is 6. The van der Waals surface area contributed by atoms with Crippen LogP contribution in [0.15, 0.2) is 112 Å². The molecule has 2 amide bonds. The molecule has 1 heterocycles. The smallest absolute Gasteiger partial charge is 0.343 e. The number of hydrazone groups is 1. The summed E-state index contributed by atoms with van der Waals surface area (Å²) in [7, 11) is 0. The average molecular weight is 574 g/mol. The van der Waals surface area contributed by atoms with Gasteiger partial charge >= 0.3 is 5.97 Å². The van der Waals surface area contributed by atoms with Gasteiger partial charge in [-0.2, -0.15) is 5.10 Å². The van der Waals surface area contributed by atoms with Gasteiger partial charge in [-0.3, -0.25) is 9.59 Å². The summed E-state index contributed by atoms with van der Waals surface area (Å²) in [6, 6.07) is 25.9. The zero-order valence-electron chi connectivity index (χ0n) is 19.3. The second kappa shape index (κ2) is 12.6. The molecule has 4 aromatic rings. The van der Waals surface area contributed by atoms with Crippen molar-refractivity contribution in [1.29, 1.82) is 0 Å². The fourth-order valence-corrected chi connectivity index (χ4v) is 4.18. The van der Waals surface area contributed by atoms with Crippen LogP contribution in [0, 0.1) is 0 Å². The standard InChI is InChI=1S/C28H20BrN3O4S/c29-22-11-5-10-21(16-22)28(35)36-23-12-4-7-19(15-23)18-30-32-27(34)25(17-24-13-6-14-37-24)31-26(33)20-8-2-1-3-9-20/h1-18H,(H,31,33)(H,32,34)/b25-17+,30-18-. The number of ether oxygens (including phenoxy) is 1. The second-order valence-electron chi connectivity index (χ2n) is 7.57. The lowest BCUT2D eigenvalue weighted by Crippen LogP contribution is -2.32. The first-order chi connectivity index (χ1) is 18.0. The molecule has 7 nitrogen and oxygen atoms in total. The molecule has 37 heavy (non-hydrogen) atoms. The molecule has 0 fully saturated rings. The Morgan fingerprint density at radius 3 is 2.41 bits per heavy atom. The minimum Gasteiger partial charge on any atom is -0.423 e. The average Bonchev–Trinajstić information content (AvgIpc) is 3.42. The molecule has 3 aromatic carbocycles. The maximum atomic E-state index is 12.8. The first-order valence-electron chi connectivity index (χ1n) is 11.0. The molecule has 0 atom stereocenters. The number of carbonyl (C=O) groups is 3. The topological polar surface area (TPSA) is 96.9 Å². The van der Waals surface area contributed by atoms with Crippen LogP contribution in [-0.2, 0) is 4.79 Å². The van der Waals surface area contributed by atoms with Crippen molar-refractivity contribution >= 4 is 57.3 Å². The molecule has 0 aliphatic rings. The van der Waals surface area contributed by atoms with Gasteiger partial charge in [0.25, 0.3) is 11.8 Å². The monoisotopic (exact) mass is 573 g/mol. The Kier molecular flexibility index (Phi) is 8.75. The van der Waals surface area contributed by atoms with E-state index in [2.05, 4.69) is 31.8 Å². The summed E-state index contributed by atoms with van der Waals surface area (Å²) in [6.07, 6.45) is 2.99. The van der Waals surface area contributed by atoms with Gasteiger partial charge in [0.15, 0.2) is 0 Å². The van der Waals surface area contributed by atoms with Gasteiger partial charge in [-0.05, 0) is 65.6 Å². The van der Waals surface area contributed by atoms with Crippen LogP contribution in [-0.4, -0.2) is 24.0 Å². The van der Waals surface area contributed by atoms with E-state index in [0.717, 1.165) is 9.35 Å². The Hall–Kier alpha value is -4.34. The lowest BCUT2D eigenvalue weighted by atomic mass is 10.2. The van der Waals surface area contributed by atoms with Crippen molar-refractivity contribution in [2.24, 2.45) is 5.10 Å². The van der Waals surface area contributed by atoms with E-state index in [0.29, 0.717) is 22.4 Å². The zero-order valence-corrected chi connectivity index (χ0v) is 21.7. The van der Waals surface area contributed by atoms with Gasteiger partial charge in [0.05, 0.1) is 11.8 Å². The highest BCUT2D eigenvalue weighted by molar-refractivity contribution is 9.10. The molecule has 0 unspecified atom stereocenters. The first kappa shape index (κ1) is 25.7. The number of nitrogens with one attached hydrogen (secondary N) is 2. The Labute approximate surface area is 225 Å². The summed E-state index contributed by atoms with van der Waals surface area (Å²) >= 11 is 4.76. The highest BCUT2D eigenvalue weighted by Gasteiger charge is 2.14. The van der Waals surface area contributed by atoms with Crippen molar-refractivity contribution in [2.75, 3.05) is 0 Å². The highest BCUT2D eigenvalue weighted by Crippen LogP contribution is 2.17. The van der Waals surface area contributed by atoms with Gasteiger partial charge < -0.3 is 10.1 Å². The van der Waals surface area contributed by atoms with Gasteiger partial charge in [-0.1, -0.05) is 58.4 Å². The number of esters is 1. The van der Waals surface area contributed by atoms with E-state index in [1.54, 1.807) is 78.9 Å². The predicted octanol–water partition coefficient (Wildman–Crippen LogP) is 5.65. The van der Waals surface area contributed by atoms with Crippen LogP contribution < -0.4 is 15.5 Å². The van der Waals surface area contributed by atoms with Crippen molar-refractivity contribution in [3.05, 3.63) is 128 Å². The normalized spacial score (nSPS) is 11.2. The number of hydrogen-bond donors (Lipinski definition) is 2. The molecular weight excluding hydrogens is 554 g/mol. The fourth-order valence-electron chi connectivity index (χ4n) is 3.12. The molecule has 0 bridgehead atoms. The number of halogens is 1. The molecule has 9 heteroatoms. The largest absolute Gasteiger partial charge is 0.423 e. The second-order valence-corrected chi connectivity index (χ2v) is 9.46. The lowest BCUT2D eigenvalue weighted by Gasteiger charge is -2.09. The Bertz CT molecular complexity index is 1470. The molecular formula is C28H20BrN3O4S. The molecule has 0 aliphatic carbocycles. The molecule has 0 radical (unpaired) electrons. The molecule has 0 saturated carbocycles. The van der Waals surface area contributed by atoms with E-state index in [1.165, 1.54) is 17.6 Å². The first-order valence-corrected chi connectivity index (χ1v) is 12.7. The van der Waals surface area contributed by atoms with Crippen LogP contribution in [0.25, 0.3) is 6.08 Å². The third kappa shape index (κ3) is 7.57. The number of amides is 2. The SMILES string of the molecule is O=C(N/N=C\c1cccc(OC(=O)c2cccc(Br)c2)c1)/C(=C\c1cccs1)NC(=O)c1ccccc1. The third-order valence-corrected chi connectivity index (χ3v) is 6.18. The van der Waals surface area contributed by atoms with E-state index in [1.807, 2.05) is 23.6 Å². The summed E-state index contributed by atoms with van der Waals surface area (Å²) in [4.78, 5) is 38.7. The van der Waals surface area contributed by atoms with E-state index >= 15 is 0 Å². The van der Waals surface area contributed by atoms with Gasteiger partial charge in [0, 0.05) is 14.9 Å². The van der Waals surface area contributed by atoms with Crippen molar-refractivity contribution < 1.29 is 19.1 Å². The fraction of sp³-hybridized carbons (Fsp3) is 0. The number of thiophene rings is 1. The zero-order chi connectivity index (χ0) is 26.0. The summed E-state index contributed by atoms with van der Waals surface area (Å²) in [6.45, 7) is 0. The maximum absolute atomic E-state index is 12.8. The van der Waals surface area contributed by atoms with Crippen molar-refractivity contribution in [3.63, 3.8) is 0 Å². The van der Waals surface area contributed by atoms with Crippen molar-refractivity contribution in [2.45, 2.75) is 0 Å². The van der Waals surface area contributed by atoms with Gasteiger partial charge in [0.1, 0.15) is 11.4 Å². The lowest BCUT2D eigenvalue weighted by molar-refractivity contribution is -0.117. The minimum atomic E-state index is -0.592. The van der Waals surface area contributed by atoms with Gasteiger partial charge in [-0.25, -0.2) is 10.2 Å². The van der Waals surface area contributed by atoms with Gasteiger partial charge in [0.2, 0.25) is 0 Å². The van der Waals surface area contributed by atoms with E-state index in [-0.39, 0.29) is 5.70 Å². The van der Waals surface area contributed by atoms with E-state index in [9.17, 15) is 14.4 Å². The number of benzene rings is 3. The van der Waals surface area contributed by atoms with Crippen LogP contribution in [0.1, 0.15) is 31.2 Å². The number of nitrogens with zero attached hydrogens (tertiary/aromatic N) is 1. The number of carbonyl (C=O) groups excluding carboxylic acids is 3. The maximum Gasteiger partial charge on any atom is 0.343 e. The third-order valence-electron chi connectivity index (χ3n) is 4.87. The van der Waals surface area contributed by atoms with E-state index < -0.39 is 17.8 Å².